The molecular weight excluding hydrogens is 282 g/mol. The largest absolute Gasteiger partial charge is 0.497 e. The molecule has 0 bridgehead atoms. The van der Waals surface area contributed by atoms with Gasteiger partial charge < -0.3 is 19.2 Å². The molecule has 1 aromatic carbocycles. The zero-order valence-electron chi connectivity index (χ0n) is 12.8. The van der Waals surface area contributed by atoms with Crippen molar-refractivity contribution in [3.8, 4) is 11.5 Å². The molecule has 0 unspecified atom stereocenters. The quantitative estimate of drug-likeness (QED) is 0.832. The molecule has 2 aromatic rings. The third kappa shape index (κ3) is 3.91. The second-order valence-corrected chi connectivity index (χ2v) is 4.69. The van der Waals surface area contributed by atoms with E-state index in [-0.39, 0.29) is 11.9 Å². The molecule has 0 aliphatic rings. The third-order valence-electron chi connectivity index (χ3n) is 3.20. The average molecular weight is 301 g/mol. The van der Waals surface area contributed by atoms with E-state index < -0.39 is 0 Å². The summed E-state index contributed by atoms with van der Waals surface area (Å²) in [7, 11) is 3.19. The Balaban J connectivity index is 2.08. The number of furan rings is 1. The van der Waals surface area contributed by atoms with E-state index in [2.05, 4.69) is 5.32 Å². The van der Waals surface area contributed by atoms with Crippen LogP contribution in [0, 0.1) is 0 Å². The second kappa shape index (κ2) is 7.36. The van der Waals surface area contributed by atoms with Gasteiger partial charge in [0.2, 0.25) is 5.91 Å². The standard InChI is InChI=1S/C17H19NO4/c1-12(15-11-14(20-2)6-8-16(15)21-3)18-17(19)9-7-13-5-4-10-22-13/h4-12H,1-3H3,(H,18,19)/b9-7+/t12-/m0/s1. The molecule has 1 heterocycles. The first-order valence-electron chi connectivity index (χ1n) is 6.88. The first kappa shape index (κ1) is 15.7. The lowest BCUT2D eigenvalue weighted by Crippen LogP contribution is -2.25. The molecule has 1 atom stereocenters. The zero-order valence-corrected chi connectivity index (χ0v) is 12.8. The predicted octanol–water partition coefficient (Wildman–Crippen LogP) is 3.19. The molecule has 0 aliphatic carbocycles. The fraction of sp³-hybridized carbons (Fsp3) is 0.235. The molecule has 1 N–H and O–H groups in total. The molecule has 116 valence electrons. The van der Waals surface area contributed by atoms with E-state index in [9.17, 15) is 4.79 Å². The summed E-state index contributed by atoms with van der Waals surface area (Å²) in [5.41, 5.74) is 0.849. The fourth-order valence-corrected chi connectivity index (χ4v) is 2.06. The summed E-state index contributed by atoms with van der Waals surface area (Å²) in [5.74, 6) is 1.82. The molecule has 0 saturated carbocycles. The maximum Gasteiger partial charge on any atom is 0.244 e. The van der Waals surface area contributed by atoms with Crippen LogP contribution in [0.3, 0.4) is 0 Å². The van der Waals surface area contributed by atoms with Crippen LogP contribution in [0.5, 0.6) is 11.5 Å². The van der Waals surface area contributed by atoms with Crippen LogP contribution in [0.15, 0.2) is 47.1 Å². The Hall–Kier alpha value is -2.69. The van der Waals surface area contributed by atoms with Gasteiger partial charge in [0, 0.05) is 11.6 Å². The highest BCUT2D eigenvalue weighted by molar-refractivity contribution is 5.91. The van der Waals surface area contributed by atoms with Crippen molar-refractivity contribution >= 4 is 12.0 Å². The summed E-state index contributed by atoms with van der Waals surface area (Å²) in [5, 5.41) is 2.88. The Labute approximate surface area is 129 Å². The maximum absolute atomic E-state index is 12.0. The Morgan fingerprint density at radius 2 is 2.09 bits per heavy atom. The van der Waals surface area contributed by atoms with Gasteiger partial charge in [0.25, 0.3) is 0 Å². The van der Waals surface area contributed by atoms with E-state index in [0.29, 0.717) is 17.3 Å². The van der Waals surface area contributed by atoms with Gasteiger partial charge in [-0.1, -0.05) is 0 Å². The van der Waals surface area contributed by atoms with Crippen molar-refractivity contribution in [2.45, 2.75) is 13.0 Å². The molecule has 0 aliphatic heterocycles. The number of carbonyl (C=O) groups is 1. The Morgan fingerprint density at radius 1 is 1.27 bits per heavy atom. The van der Waals surface area contributed by atoms with Gasteiger partial charge in [0.15, 0.2) is 0 Å². The number of benzene rings is 1. The number of ether oxygens (including phenoxy) is 2. The zero-order chi connectivity index (χ0) is 15.9. The van der Waals surface area contributed by atoms with Gasteiger partial charge in [-0.05, 0) is 43.3 Å². The Bertz CT molecular complexity index is 647. The van der Waals surface area contributed by atoms with E-state index >= 15 is 0 Å². The van der Waals surface area contributed by atoms with Crippen molar-refractivity contribution in [3.05, 3.63) is 54.0 Å². The van der Waals surface area contributed by atoms with Crippen LogP contribution in [0.25, 0.3) is 6.08 Å². The summed E-state index contributed by atoms with van der Waals surface area (Å²) in [6.07, 6.45) is 4.61. The SMILES string of the molecule is COc1ccc(OC)c([C@H](C)NC(=O)/C=C/c2ccco2)c1. The number of nitrogens with one attached hydrogen (secondary N) is 1. The molecule has 22 heavy (non-hydrogen) atoms. The van der Waals surface area contributed by atoms with Crippen molar-refractivity contribution in [2.24, 2.45) is 0 Å². The van der Waals surface area contributed by atoms with Crippen molar-refractivity contribution in [3.63, 3.8) is 0 Å². The van der Waals surface area contributed by atoms with Gasteiger partial charge >= 0.3 is 0 Å². The number of methoxy groups -OCH3 is 2. The normalized spacial score (nSPS) is 12.1. The first-order chi connectivity index (χ1) is 10.6. The van der Waals surface area contributed by atoms with E-state index in [1.165, 1.54) is 6.08 Å². The van der Waals surface area contributed by atoms with Gasteiger partial charge in [0.05, 0.1) is 26.5 Å². The van der Waals surface area contributed by atoms with Crippen LogP contribution in [-0.4, -0.2) is 20.1 Å². The van der Waals surface area contributed by atoms with Crippen molar-refractivity contribution in [2.75, 3.05) is 14.2 Å². The molecule has 0 fully saturated rings. The average Bonchev–Trinajstić information content (AvgIpc) is 3.05. The van der Waals surface area contributed by atoms with Gasteiger partial charge in [-0.25, -0.2) is 0 Å². The van der Waals surface area contributed by atoms with Crippen LogP contribution in [0.1, 0.15) is 24.3 Å². The first-order valence-corrected chi connectivity index (χ1v) is 6.88. The predicted molar refractivity (Wildman–Crippen MR) is 83.8 cm³/mol. The van der Waals surface area contributed by atoms with Gasteiger partial charge in [-0.15, -0.1) is 0 Å². The Morgan fingerprint density at radius 3 is 2.73 bits per heavy atom. The topological polar surface area (TPSA) is 60.7 Å². The van der Waals surface area contributed by atoms with Crippen LogP contribution in [0.4, 0.5) is 0 Å². The lowest BCUT2D eigenvalue weighted by Gasteiger charge is -2.17. The van der Waals surface area contributed by atoms with Crippen LogP contribution in [0.2, 0.25) is 0 Å². The Kier molecular flexibility index (Phi) is 5.25. The van der Waals surface area contributed by atoms with E-state index in [4.69, 9.17) is 13.9 Å². The summed E-state index contributed by atoms with van der Waals surface area (Å²) >= 11 is 0. The molecule has 2 rings (SSSR count). The van der Waals surface area contributed by atoms with Crippen molar-refractivity contribution < 1.29 is 18.7 Å². The van der Waals surface area contributed by atoms with Gasteiger partial charge in [-0.2, -0.15) is 0 Å². The highest BCUT2D eigenvalue weighted by atomic mass is 16.5. The van der Waals surface area contributed by atoms with E-state index in [1.54, 1.807) is 38.7 Å². The minimum atomic E-state index is -0.223. The minimum Gasteiger partial charge on any atom is -0.497 e. The molecule has 5 heteroatoms. The van der Waals surface area contributed by atoms with Crippen molar-refractivity contribution in [1.82, 2.24) is 5.32 Å². The number of carbonyl (C=O) groups excluding carboxylic acids is 1. The van der Waals surface area contributed by atoms with Crippen LogP contribution >= 0.6 is 0 Å². The van der Waals surface area contributed by atoms with Crippen LogP contribution in [-0.2, 0) is 4.79 Å². The number of hydrogen-bond acceptors (Lipinski definition) is 4. The van der Waals surface area contributed by atoms with E-state index in [0.717, 1.165) is 5.56 Å². The molecule has 0 radical (unpaired) electrons. The molecule has 5 nitrogen and oxygen atoms in total. The molecule has 1 amide bonds. The van der Waals surface area contributed by atoms with Crippen molar-refractivity contribution in [1.29, 1.82) is 0 Å². The summed E-state index contributed by atoms with van der Waals surface area (Å²) in [6, 6.07) is 8.79. The monoisotopic (exact) mass is 301 g/mol. The number of hydrogen-bond donors (Lipinski definition) is 1. The smallest absolute Gasteiger partial charge is 0.244 e. The molecule has 0 spiro atoms. The lowest BCUT2D eigenvalue weighted by atomic mass is 10.1. The lowest BCUT2D eigenvalue weighted by molar-refractivity contribution is -0.117. The van der Waals surface area contributed by atoms with Gasteiger partial charge in [-0.3, -0.25) is 4.79 Å². The summed E-state index contributed by atoms with van der Waals surface area (Å²) in [6.45, 7) is 1.88. The maximum atomic E-state index is 12.0. The third-order valence-corrected chi connectivity index (χ3v) is 3.20. The van der Waals surface area contributed by atoms with Gasteiger partial charge in [0.1, 0.15) is 17.3 Å². The number of rotatable bonds is 6. The summed E-state index contributed by atoms with van der Waals surface area (Å²) in [4.78, 5) is 12.0. The fourth-order valence-electron chi connectivity index (χ4n) is 2.06. The molecule has 0 saturated heterocycles. The minimum absolute atomic E-state index is 0.214. The molecular formula is C17H19NO4. The highest BCUT2D eigenvalue weighted by Crippen LogP contribution is 2.29. The van der Waals surface area contributed by atoms with E-state index in [1.807, 2.05) is 25.1 Å². The number of amides is 1. The summed E-state index contributed by atoms with van der Waals surface area (Å²) < 4.78 is 15.7. The highest BCUT2D eigenvalue weighted by Gasteiger charge is 2.14. The molecule has 1 aromatic heterocycles. The van der Waals surface area contributed by atoms with Crippen LogP contribution < -0.4 is 14.8 Å². The second-order valence-electron chi connectivity index (χ2n) is 4.69.